The van der Waals surface area contributed by atoms with Gasteiger partial charge in [-0.25, -0.2) is 0 Å². The van der Waals surface area contributed by atoms with Crippen LogP contribution in [0.1, 0.15) is 11.1 Å². The number of carbonyl (C=O) groups is 1. The molecule has 2 aromatic rings. The summed E-state index contributed by atoms with van der Waals surface area (Å²) in [4.78, 5) is 14.0. The average Bonchev–Trinajstić information content (AvgIpc) is 2.73. The Hall–Kier alpha value is -2.26. The molecule has 3 rings (SSSR count). The molecule has 4 heteroatoms. The van der Waals surface area contributed by atoms with Crippen molar-refractivity contribution in [1.82, 2.24) is 0 Å². The lowest BCUT2D eigenvalue weighted by atomic mass is 10.0. The van der Waals surface area contributed by atoms with Crippen LogP contribution in [0.15, 0.2) is 42.5 Å². The van der Waals surface area contributed by atoms with Crippen LogP contribution in [0.2, 0.25) is 5.02 Å². The van der Waals surface area contributed by atoms with Crippen molar-refractivity contribution in [2.75, 3.05) is 19.1 Å². The molecule has 1 amide bonds. The van der Waals surface area contributed by atoms with Crippen LogP contribution in [0.5, 0.6) is 5.75 Å². The molecule has 1 heterocycles. The molecule has 0 bridgehead atoms. The summed E-state index contributed by atoms with van der Waals surface area (Å²) in [6.07, 6.45) is 1.86. The van der Waals surface area contributed by atoms with Crippen molar-refractivity contribution < 1.29 is 9.53 Å². The third-order valence-corrected chi connectivity index (χ3v) is 3.87. The lowest BCUT2D eigenvalue weighted by molar-refractivity contribution is -0.112. The van der Waals surface area contributed by atoms with Crippen molar-refractivity contribution in [3.05, 3.63) is 58.6 Å². The number of nitrogens with zero attached hydrogens (tertiary/aromatic N) is 1. The van der Waals surface area contributed by atoms with Gasteiger partial charge in [0.05, 0.1) is 17.8 Å². The smallest absolute Gasteiger partial charge is 0.258 e. The third-order valence-electron chi connectivity index (χ3n) is 3.58. The predicted octanol–water partition coefficient (Wildman–Crippen LogP) is 3.87. The number of rotatable bonds is 2. The molecule has 1 aliphatic heterocycles. The van der Waals surface area contributed by atoms with E-state index in [1.165, 1.54) is 0 Å². The summed E-state index contributed by atoms with van der Waals surface area (Å²) in [5.41, 5.74) is 3.41. The zero-order valence-corrected chi connectivity index (χ0v) is 12.5. The molecule has 0 spiro atoms. The normalized spacial score (nSPS) is 15.5. The standard InChI is InChI=1S/C17H14ClNO2/c1-19-15-6-4-3-5-12(15)13(17(19)20)9-11-7-8-16(21-2)14(18)10-11/h3-10H,1-2H3/b13-9+. The largest absolute Gasteiger partial charge is 0.495 e. The SMILES string of the molecule is COc1ccc(/C=C2/C(=O)N(C)c3ccccc32)cc1Cl. The van der Waals surface area contributed by atoms with E-state index in [0.717, 1.165) is 16.8 Å². The molecule has 0 N–H and O–H groups in total. The summed E-state index contributed by atoms with van der Waals surface area (Å²) in [5.74, 6) is 0.609. The Labute approximate surface area is 128 Å². The van der Waals surface area contributed by atoms with Crippen LogP contribution in [-0.4, -0.2) is 20.1 Å². The Kier molecular flexibility index (Phi) is 3.43. The van der Waals surface area contributed by atoms with E-state index in [9.17, 15) is 4.79 Å². The summed E-state index contributed by atoms with van der Waals surface area (Å²) >= 11 is 6.13. The van der Waals surface area contributed by atoms with E-state index in [0.29, 0.717) is 16.3 Å². The van der Waals surface area contributed by atoms with Crippen molar-refractivity contribution >= 4 is 34.8 Å². The molecule has 0 aliphatic carbocycles. The van der Waals surface area contributed by atoms with Crippen molar-refractivity contribution in [2.45, 2.75) is 0 Å². The summed E-state index contributed by atoms with van der Waals surface area (Å²) < 4.78 is 5.14. The number of hydrogen-bond acceptors (Lipinski definition) is 2. The maximum atomic E-state index is 12.4. The molecular weight excluding hydrogens is 286 g/mol. The maximum Gasteiger partial charge on any atom is 0.258 e. The number of para-hydroxylation sites is 1. The monoisotopic (exact) mass is 299 g/mol. The number of anilines is 1. The Morgan fingerprint density at radius 2 is 1.95 bits per heavy atom. The molecule has 0 unspecified atom stereocenters. The number of halogens is 1. The fourth-order valence-corrected chi connectivity index (χ4v) is 2.74. The first-order valence-corrected chi connectivity index (χ1v) is 6.92. The van der Waals surface area contributed by atoms with Gasteiger partial charge in [-0.3, -0.25) is 4.79 Å². The van der Waals surface area contributed by atoms with E-state index < -0.39 is 0 Å². The number of methoxy groups -OCH3 is 1. The Balaban J connectivity index is 2.08. The summed E-state index contributed by atoms with van der Waals surface area (Å²) in [6.45, 7) is 0. The minimum absolute atomic E-state index is 0.0110. The number of amides is 1. The second-order valence-electron chi connectivity index (χ2n) is 4.83. The van der Waals surface area contributed by atoms with Gasteiger partial charge in [0.1, 0.15) is 5.75 Å². The maximum absolute atomic E-state index is 12.4. The molecule has 1 aliphatic rings. The Morgan fingerprint density at radius 3 is 2.67 bits per heavy atom. The fraction of sp³-hybridized carbons (Fsp3) is 0.118. The third kappa shape index (κ3) is 2.30. The lowest BCUT2D eigenvalue weighted by Crippen LogP contribution is -2.20. The first-order chi connectivity index (χ1) is 10.1. The summed E-state index contributed by atoms with van der Waals surface area (Å²) in [5, 5.41) is 0.527. The van der Waals surface area contributed by atoms with Crippen LogP contribution >= 0.6 is 11.6 Å². The van der Waals surface area contributed by atoms with Gasteiger partial charge < -0.3 is 9.64 Å². The van der Waals surface area contributed by atoms with E-state index in [1.54, 1.807) is 31.2 Å². The van der Waals surface area contributed by atoms with Gasteiger partial charge >= 0.3 is 0 Å². The summed E-state index contributed by atoms with van der Waals surface area (Å²) in [7, 11) is 3.36. The van der Waals surface area contributed by atoms with Gasteiger partial charge in [-0.2, -0.15) is 0 Å². The number of hydrogen-bond donors (Lipinski definition) is 0. The van der Waals surface area contributed by atoms with Crippen LogP contribution in [0.25, 0.3) is 11.6 Å². The van der Waals surface area contributed by atoms with E-state index in [-0.39, 0.29) is 5.91 Å². The Bertz CT molecular complexity index is 752. The van der Waals surface area contributed by atoms with Gasteiger partial charge in [-0.05, 0) is 29.8 Å². The van der Waals surface area contributed by atoms with Crippen molar-refractivity contribution in [3.8, 4) is 5.75 Å². The molecule has 2 aromatic carbocycles. The number of carbonyl (C=O) groups excluding carboxylic acids is 1. The van der Waals surface area contributed by atoms with Gasteiger partial charge in [0.25, 0.3) is 5.91 Å². The molecule has 21 heavy (non-hydrogen) atoms. The highest BCUT2D eigenvalue weighted by molar-refractivity contribution is 6.36. The van der Waals surface area contributed by atoms with Crippen molar-refractivity contribution in [3.63, 3.8) is 0 Å². The van der Waals surface area contributed by atoms with Gasteiger partial charge in [0.2, 0.25) is 0 Å². The first kappa shape index (κ1) is 13.7. The second-order valence-corrected chi connectivity index (χ2v) is 5.24. The lowest BCUT2D eigenvalue weighted by Gasteiger charge is -2.08. The minimum atomic E-state index is -0.0110. The Morgan fingerprint density at radius 1 is 1.19 bits per heavy atom. The first-order valence-electron chi connectivity index (χ1n) is 6.54. The molecule has 0 saturated carbocycles. The zero-order chi connectivity index (χ0) is 15.0. The molecule has 0 radical (unpaired) electrons. The van der Waals surface area contributed by atoms with Gasteiger partial charge in [-0.15, -0.1) is 0 Å². The number of fused-ring (bicyclic) bond motifs is 1. The van der Waals surface area contributed by atoms with E-state index >= 15 is 0 Å². The highest BCUT2D eigenvalue weighted by atomic mass is 35.5. The van der Waals surface area contributed by atoms with Crippen LogP contribution in [0, 0.1) is 0 Å². The van der Waals surface area contributed by atoms with E-state index in [2.05, 4.69) is 0 Å². The zero-order valence-electron chi connectivity index (χ0n) is 11.8. The van der Waals surface area contributed by atoms with Crippen LogP contribution < -0.4 is 9.64 Å². The fourth-order valence-electron chi connectivity index (χ4n) is 2.48. The summed E-state index contributed by atoms with van der Waals surface area (Å²) in [6, 6.07) is 13.2. The number of likely N-dealkylation sites (N-methyl/N-ethyl adjacent to an activating group) is 1. The molecule has 0 fully saturated rings. The van der Waals surface area contributed by atoms with E-state index in [1.807, 2.05) is 36.4 Å². The number of benzene rings is 2. The molecule has 106 valence electrons. The van der Waals surface area contributed by atoms with Crippen LogP contribution in [-0.2, 0) is 4.79 Å². The quantitative estimate of drug-likeness (QED) is 0.788. The molecule has 0 saturated heterocycles. The minimum Gasteiger partial charge on any atom is -0.495 e. The molecular formula is C17H14ClNO2. The topological polar surface area (TPSA) is 29.5 Å². The van der Waals surface area contributed by atoms with E-state index in [4.69, 9.17) is 16.3 Å². The molecule has 0 atom stereocenters. The highest BCUT2D eigenvalue weighted by Crippen LogP contribution is 2.37. The average molecular weight is 300 g/mol. The van der Waals surface area contributed by atoms with Gasteiger partial charge in [0.15, 0.2) is 0 Å². The second kappa shape index (κ2) is 5.26. The van der Waals surface area contributed by atoms with Gasteiger partial charge in [0, 0.05) is 18.2 Å². The molecule has 0 aromatic heterocycles. The van der Waals surface area contributed by atoms with Crippen molar-refractivity contribution in [2.24, 2.45) is 0 Å². The van der Waals surface area contributed by atoms with Crippen LogP contribution in [0.3, 0.4) is 0 Å². The van der Waals surface area contributed by atoms with Crippen molar-refractivity contribution in [1.29, 1.82) is 0 Å². The highest BCUT2D eigenvalue weighted by Gasteiger charge is 2.28. The molecule has 3 nitrogen and oxygen atoms in total. The number of ether oxygens (including phenoxy) is 1. The van der Waals surface area contributed by atoms with Gasteiger partial charge in [-0.1, -0.05) is 35.9 Å². The van der Waals surface area contributed by atoms with Crippen LogP contribution in [0.4, 0.5) is 5.69 Å². The predicted molar refractivity (Wildman–Crippen MR) is 85.7 cm³/mol.